The van der Waals surface area contributed by atoms with Crippen molar-refractivity contribution in [3.05, 3.63) is 146 Å². The molecular weight excluding hydrogens is 496 g/mol. The number of hydrogen-bond acceptors (Lipinski definition) is 1. The van der Waals surface area contributed by atoms with Crippen molar-refractivity contribution in [2.45, 2.75) is 0 Å². The maximum absolute atomic E-state index is 4.67. The first-order valence-corrected chi connectivity index (χ1v) is 14.1. The summed E-state index contributed by atoms with van der Waals surface area (Å²) in [6.45, 7) is 0. The van der Waals surface area contributed by atoms with E-state index in [0.717, 1.165) is 11.3 Å². The number of para-hydroxylation sites is 1. The van der Waals surface area contributed by atoms with E-state index in [1.54, 1.807) is 0 Å². The van der Waals surface area contributed by atoms with Crippen LogP contribution in [0.3, 0.4) is 0 Å². The van der Waals surface area contributed by atoms with Gasteiger partial charge in [0, 0.05) is 27.9 Å². The van der Waals surface area contributed by atoms with E-state index in [1.807, 2.05) is 12.3 Å². The third-order valence-corrected chi connectivity index (χ3v) is 8.62. The van der Waals surface area contributed by atoms with Crippen molar-refractivity contribution in [2.75, 3.05) is 0 Å². The van der Waals surface area contributed by atoms with E-state index >= 15 is 0 Å². The predicted octanol–water partition coefficient (Wildman–Crippen LogP) is 10.5. The number of aromatic nitrogens is 2. The van der Waals surface area contributed by atoms with Crippen molar-refractivity contribution in [3.8, 4) is 16.9 Å². The fourth-order valence-electron chi connectivity index (χ4n) is 6.85. The Morgan fingerprint density at radius 3 is 1.61 bits per heavy atom. The van der Waals surface area contributed by atoms with Crippen molar-refractivity contribution < 1.29 is 0 Å². The zero-order valence-corrected chi connectivity index (χ0v) is 22.3. The highest BCUT2D eigenvalue weighted by atomic mass is 15.0. The van der Waals surface area contributed by atoms with Crippen LogP contribution in [0, 0.1) is 0 Å². The summed E-state index contributed by atoms with van der Waals surface area (Å²) in [5.74, 6) is 0. The lowest BCUT2D eigenvalue weighted by molar-refractivity contribution is 1.20. The van der Waals surface area contributed by atoms with Crippen LogP contribution in [0.4, 0.5) is 0 Å². The van der Waals surface area contributed by atoms with Gasteiger partial charge in [-0.3, -0.25) is 4.98 Å². The summed E-state index contributed by atoms with van der Waals surface area (Å²) < 4.78 is 2.46. The largest absolute Gasteiger partial charge is 0.309 e. The molecule has 0 unspecified atom stereocenters. The molecule has 0 amide bonds. The number of pyridine rings is 1. The number of hydrogen-bond donors (Lipinski definition) is 0. The molecule has 0 bridgehead atoms. The third-order valence-electron chi connectivity index (χ3n) is 8.62. The zero-order valence-electron chi connectivity index (χ0n) is 22.3. The summed E-state index contributed by atoms with van der Waals surface area (Å²) in [5.41, 5.74) is 5.74. The summed E-state index contributed by atoms with van der Waals surface area (Å²) in [6, 6.07) is 50.6. The molecule has 2 heteroatoms. The van der Waals surface area contributed by atoms with Crippen LogP contribution in [0.5, 0.6) is 0 Å². The molecule has 0 spiro atoms. The highest BCUT2D eigenvalue weighted by molar-refractivity contribution is 6.29. The van der Waals surface area contributed by atoms with Gasteiger partial charge in [-0.25, -0.2) is 0 Å². The zero-order chi connectivity index (χ0) is 26.9. The Hall–Kier alpha value is -5.47. The van der Waals surface area contributed by atoms with Gasteiger partial charge in [0.1, 0.15) is 0 Å². The molecule has 190 valence electrons. The number of fused-ring (bicyclic) bond motifs is 10. The van der Waals surface area contributed by atoms with E-state index in [4.69, 9.17) is 0 Å². The first-order valence-electron chi connectivity index (χ1n) is 14.1. The summed E-state index contributed by atoms with van der Waals surface area (Å²) in [7, 11) is 0. The lowest BCUT2D eigenvalue weighted by Gasteiger charge is -2.15. The van der Waals surface area contributed by atoms with Crippen LogP contribution in [0.2, 0.25) is 0 Å². The Bertz CT molecular complexity index is 2470. The molecule has 2 nitrogen and oxygen atoms in total. The molecule has 9 aromatic rings. The molecule has 7 aromatic carbocycles. The van der Waals surface area contributed by atoms with Crippen molar-refractivity contribution in [3.63, 3.8) is 0 Å². The molecular formula is C39H24N2. The van der Waals surface area contributed by atoms with Crippen LogP contribution < -0.4 is 0 Å². The fourth-order valence-corrected chi connectivity index (χ4v) is 6.85. The average molecular weight is 521 g/mol. The van der Waals surface area contributed by atoms with Gasteiger partial charge in [-0.15, -0.1) is 0 Å². The smallest absolute Gasteiger partial charge is 0.0708 e. The maximum atomic E-state index is 4.67. The van der Waals surface area contributed by atoms with Crippen molar-refractivity contribution in [1.29, 1.82) is 0 Å². The number of benzene rings is 7. The van der Waals surface area contributed by atoms with Crippen LogP contribution in [0.1, 0.15) is 0 Å². The van der Waals surface area contributed by atoms with Crippen LogP contribution >= 0.6 is 0 Å². The van der Waals surface area contributed by atoms with Crippen LogP contribution in [-0.2, 0) is 0 Å². The van der Waals surface area contributed by atoms with E-state index in [9.17, 15) is 0 Å². The molecule has 0 saturated heterocycles. The normalized spacial score (nSPS) is 11.9. The minimum Gasteiger partial charge on any atom is -0.309 e. The first-order chi connectivity index (χ1) is 20.4. The highest BCUT2D eigenvalue weighted by Crippen LogP contribution is 2.42. The van der Waals surface area contributed by atoms with Crippen LogP contribution in [-0.4, -0.2) is 9.55 Å². The van der Waals surface area contributed by atoms with Gasteiger partial charge in [-0.2, -0.15) is 0 Å². The van der Waals surface area contributed by atoms with Crippen molar-refractivity contribution in [2.24, 2.45) is 0 Å². The number of rotatable bonds is 2. The molecule has 0 fully saturated rings. The SMILES string of the molecule is c1ccc(-c2ccc(-n3c4ccccc4c4cc5c6ccccc6c6ccccc6c5cc43)c3ccccc23)nc1. The summed E-state index contributed by atoms with van der Waals surface area (Å²) >= 11 is 0. The molecule has 0 aliphatic carbocycles. The van der Waals surface area contributed by atoms with E-state index in [-0.39, 0.29) is 0 Å². The Labute approximate surface area is 236 Å². The Balaban J connectivity index is 1.46. The number of nitrogens with zero attached hydrogens (tertiary/aromatic N) is 2. The predicted molar refractivity (Wildman–Crippen MR) is 174 cm³/mol. The monoisotopic (exact) mass is 520 g/mol. The van der Waals surface area contributed by atoms with Gasteiger partial charge in [-0.05, 0) is 74.1 Å². The summed E-state index contributed by atoms with van der Waals surface area (Å²) in [5, 5.41) is 12.7. The van der Waals surface area contributed by atoms with Gasteiger partial charge in [0.2, 0.25) is 0 Å². The van der Waals surface area contributed by atoms with E-state index < -0.39 is 0 Å². The Morgan fingerprint density at radius 1 is 0.366 bits per heavy atom. The maximum Gasteiger partial charge on any atom is 0.0708 e. The highest BCUT2D eigenvalue weighted by Gasteiger charge is 2.18. The van der Waals surface area contributed by atoms with Gasteiger partial charge in [-0.1, -0.05) is 103 Å². The average Bonchev–Trinajstić information content (AvgIpc) is 3.37. The van der Waals surface area contributed by atoms with Gasteiger partial charge < -0.3 is 4.57 Å². The van der Waals surface area contributed by atoms with Crippen LogP contribution in [0.25, 0.3) is 81.8 Å². The lowest BCUT2D eigenvalue weighted by atomic mass is 9.93. The fraction of sp³-hybridized carbons (Fsp3) is 0. The van der Waals surface area contributed by atoms with E-state index in [1.165, 1.54) is 70.6 Å². The second-order valence-electron chi connectivity index (χ2n) is 10.8. The molecule has 9 rings (SSSR count). The topological polar surface area (TPSA) is 17.8 Å². The quantitative estimate of drug-likeness (QED) is 0.207. The Morgan fingerprint density at radius 2 is 0.927 bits per heavy atom. The van der Waals surface area contributed by atoms with E-state index in [2.05, 4.69) is 143 Å². The molecule has 0 saturated carbocycles. The second kappa shape index (κ2) is 8.51. The first kappa shape index (κ1) is 22.4. The van der Waals surface area contributed by atoms with Gasteiger partial charge in [0.25, 0.3) is 0 Å². The summed E-state index contributed by atoms with van der Waals surface area (Å²) in [6.07, 6.45) is 1.87. The minimum atomic E-state index is 0.988. The molecule has 41 heavy (non-hydrogen) atoms. The van der Waals surface area contributed by atoms with Crippen molar-refractivity contribution >= 4 is 64.9 Å². The third kappa shape index (κ3) is 3.16. The molecule has 2 aromatic heterocycles. The molecule has 0 N–H and O–H groups in total. The summed E-state index contributed by atoms with van der Waals surface area (Å²) in [4.78, 5) is 4.67. The molecule has 2 heterocycles. The lowest BCUT2D eigenvalue weighted by Crippen LogP contribution is -1.97. The Kier molecular flexibility index (Phi) is 4.64. The van der Waals surface area contributed by atoms with Gasteiger partial charge in [0.15, 0.2) is 0 Å². The van der Waals surface area contributed by atoms with Crippen molar-refractivity contribution in [1.82, 2.24) is 9.55 Å². The standard InChI is InChI=1S/C39H24N2/c1-3-13-27-25(11-1)26-12-2-4-14-28(26)34-24-39-35(23-33(27)34)32-17-7-8-19-37(32)41(39)38-21-20-30(36-18-9-10-22-40-36)29-15-5-6-16-31(29)38/h1-24H. The molecule has 0 aliphatic rings. The van der Waals surface area contributed by atoms with Gasteiger partial charge in [0.05, 0.1) is 22.4 Å². The molecule has 0 aliphatic heterocycles. The minimum absolute atomic E-state index is 0.988. The van der Waals surface area contributed by atoms with Crippen LogP contribution in [0.15, 0.2) is 146 Å². The van der Waals surface area contributed by atoms with Gasteiger partial charge >= 0.3 is 0 Å². The molecule has 0 atom stereocenters. The second-order valence-corrected chi connectivity index (χ2v) is 10.8. The molecule has 0 radical (unpaired) electrons. The van der Waals surface area contributed by atoms with E-state index in [0.29, 0.717) is 0 Å².